The van der Waals surface area contributed by atoms with Gasteiger partial charge in [-0.15, -0.1) is 5.10 Å². The fraction of sp³-hybridized carbons (Fsp3) is 0.0909. The van der Waals surface area contributed by atoms with Gasteiger partial charge in [-0.1, -0.05) is 66.2 Å². The molecule has 0 aliphatic heterocycles. The quantitative estimate of drug-likeness (QED) is 0.534. The van der Waals surface area contributed by atoms with Crippen LogP contribution in [0.25, 0.3) is 10.8 Å². The molecule has 0 radical (unpaired) electrons. The van der Waals surface area contributed by atoms with Gasteiger partial charge in [-0.3, -0.25) is 0 Å². The van der Waals surface area contributed by atoms with Crippen LogP contribution in [-0.2, 0) is 13.2 Å². The van der Waals surface area contributed by atoms with Crippen LogP contribution in [0.5, 0.6) is 5.88 Å². The van der Waals surface area contributed by atoms with Gasteiger partial charge in [-0.05, 0) is 34.0 Å². The number of rotatable bonds is 5. The minimum absolute atomic E-state index is 0.222. The van der Waals surface area contributed by atoms with Gasteiger partial charge in [0, 0.05) is 5.02 Å². The SMILES string of the molecule is N#Cc1c(OCc2cccc(Cl)c2)nn(Cc2cccc3ccccc23)c1N. The maximum atomic E-state index is 9.51. The molecule has 0 fully saturated rings. The number of benzene rings is 3. The highest BCUT2D eigenvalue weighted by atomic mass is 35.5. The Morgan fingerprint density at radius 3 is 2.68 bits per heavy atom. The van der Waals surface area contributed by atoms with E-state index in [4.69, 9.17) is 22.1 Å². The first kappa shape index (κ1) is 17.9. The molecule has 0 saturated heterocycles. The third kappa shape index (κ3) is 3.51. The fourth-order valence-electron chi connectivity index (χ4n) is 3.15. The van der Waals surface area contributed by atoms with Crippen molar-refractivity contribution in [1.82, 2.24) is 9.78 Å². The second kappa shape index (κ2) is 7.63. The third-order valence-electron chi connectivity index (χ3n) is 4.54. The molecule has 4 aromatic rings. The first-order valence-corrected chi connectivity index (χ1v) is 9.14. The Bertz CT molecular complexity index is 1190. The van der Waals surface area contributed by atoms with E-state index in [1.54, 1.807) is 10.7 Å². The van der Waals surface area contributed by atoms with Crippen molar-refractivity contribution >= 4 is 28.2 Å². The molecule has 4 rings (SSSR count). The second-order valence-corrected chi connectivity index (χ2v) is 6.83. The minimum atomic E-state index is 0.222. The zero-order valence-electron chi connectivity index (χ0n) is 15.0. The van der Waals surface area contributed by atoms with Gasteiger partial charge >= 0.3 is 0 Å². The summed E-state index contributed by atoms with van der Waals surface area (Å²) in [4.78, 5) is 0. The van der Waals surface area contributed by atoms with Crippen LogP contribution >= 0.6 is 11.6 Å². The van der Waals surface area contributed by atoms with Gasteiger partial charge in [0.25, 0.3) is 5.88 Å². The number of ether oxygens (including phenoxy) is 1. The molecule has 0 spiro atoms. The fourth-order valence-corrected chi connectivity index (χ4v) is 3.36. The minimum Gasteiger partial charge on any atom is -0.471 e. The van der Waals surface area contributed by atoms with Crippen molar-refractivity contribution in [3.05, 3.63) is 88.4 Å². The first-order chi connectivity index (χ1) is 13.7. The predicted octanol–water partition coefficient (Wildman–Crippen LogP) is 4.77. The highest BCUT2D eigenvalue weighted by molar-refractivity contribution is 6.30. The molecule has 0 atom stereocenters. The van der Waals surface area contributed by atoms with Crippen molar-refractivity contribution in [3.63, 3.8) is 0 Å². The van der Waals surface area contributed by atoms with Gasteiger partial charge in [0.15, 0.2) is 5.56 Å². The molecule has 5 nitrogen and oxygen atoms in total. The Morgan fingerprint density at radius 1 is 1.07 bits per heavy atom. The molecule has 3 aromatic carbocycles. The first-order valence-electron chi connectivity index (χ1n) is 8.76. The summed E-state index contributed by atoms with van der Waals surface area (Å²) in [6.07, 6.45) is 0. The molecule has 138 valence electrons. The summed E-state index contributed by atoms with van der Waals surface area (Å²) in [7, 11) is 0. The van der Waals surface area contributed by atoms with Crippen LogP contribution < -0.4 is 10.5 Å². The lowest BCUT2D eigenvalue weighted by Crippen LogP contribution is -2.07. The standard InChI is InChI=1S/C22H17ClN4O/c23-18-9-3-5-15(11-18)14-28-22-20(12-24)21(25)27(26-22)13-17-8-4-7-16-6-1-2-10-19(16)17/h1-11H,13-14,25H2. The molecule has 28 heavy (non-hydrogen) atoms. The number of halogens is 1. The van der Waals surface area contributed by atoms with Crippen molar-refractivity contribution in [2.75, 3.05) is 5.73 Å². The maximum absolute atomic E-state index is 9.51. The molecule has 0 bridgehead atoms. The van der Waals surface area contributed by atoms with Crippen LogP contribution in [0.2, 0.25) is 5.02 Å². The average molecular weight is 389 g/mol. The van der Waals surface area contributed by atoms with Crippen molar-refractivity contribution in [2.24, 2.45) is 0 Å². The maximum Gasteiger partial charge on any atom is 0.253 e. The lowest BCUT2D eigenvalue weighted by atomic mass is 10.0. The Hall–Kier alpha value is -3.49. The van der Waals surface area contributed by atoms with E-state index in [2.05, 4.69) is 29.4 Å². The van der Waals surface area contributed by atoms with E-state index < -0.39 is 0 Å². The van der Waals surface area contributed by atoms with E-state index in [1.807, 2.05) is 42.5 Å². The summed E-state index contributed by atoms with van der Waals surface area (Å²) < 4.78 is 7.37. The Labute approximate surface area is 167 Å². The summed E-state index contributed by atoms with van der Waals surface area (Å²) in [5.74, 6) is 0.511. The van der Waals surface area contributed by atoms with E-state index in [9.17, 15) is 5.26 Å². The molecule has 1 heterocycles. The normalized spacial score (nSPS) is 10.7. The number of hydrogen-bond acceptors (Lipinski definition) is 4. The number of fused-ring (bicyclic) bond motifs is 1. The number of anilines is 1. The third-order valence-corrected chi connectivity index (χ3v) is 4.77. The molecule has 0 unspecified atom stereocenters. The summed E-state index contributed by atoms with van der Waals surface area (Å²) in [6.45, 7) is 0.697. The number of hydrogen-bond donors (Lipinski definition) is 1. The molecule has 6 heteroatoms. The van der Waals surface area contributed by atoms with Gasteiger partial charge in [-0.25, -0.2) is 4.68 Å². The summed E-state index contributed by atoms with van der Waals surface area (Å²) in [6, 6.07) is 23.7. The lowest BCUT2D eigenvalue weighted by Gasteiger charge is -2.08. The molecule has 0 amide bonds. The van der Waals surface area contributed by atoms with Crippen LogP contribution in [0.4, 0.5) is 5.82 Å². The molecule has 0 aliphatic rings. The average Bonchev–Trinajstić information content (AvgIpc) is 3.01. The Kier molecular flexibility index (Phi) is 4.88. The van der Waals surface area contributed by atoms with Crippen LogP contribution in [0.3, 0.4) is 0 Å². The summed E-state index contributed by atoms with van der Waals surface area (Å²) >= 11 is 6.00. The van der Waals surface area contributed by atoms with Gasteiger partial charge in [0.05, 0.1) is 6.54 Å². The van der Waals surface area contributed by atoms with Crippen LogP contribution in [0, 0.1) is 11.3 Å². The zero-order chi connectivity index (χ0) is 19.5. The predicted molar refractivity (Wildman–Crippen MR) is 110 cm³/mol. The molecule has 0 aliphatic carbocycles. The number of nitrogens with two attached hydrogens (primary N) is 1. The topological polar surface area (TPSA) is 76.9 Å². The Morgan fingerprint density at radius 2 is 1.86 bits per heavy atom. The molecular formula is C22H17ClN4O. The van der Waals surface area contributed by atoms with Crippen molar-refractivity contribution in [3.8, 4) is 11.9 Å². The number of nitriles is 1. The molecule has 0 saturated carbocycles. The Balaban J connectivity index is 1.62. The van der Waals surface area contributed by atoms with Crippen molar-refractivity contribution in [1.29, 1.82) is 5.26 Å². The molecule has 2 N–H and O–H groups in total. The summed E-state index contributed by atoms with van der Waals surface area (Å²) in [5, 5.41) is 16.8. The second-order valence-electron chi connectivity index (χ2n) is 6.39. The van der Waals surface area contributed by atoms with Crippen molar-refractivity contribution in [2.45, 2.75) is 13.2 Å². The van der Waals surface area contributed by atoms with Crippen molar-refractivity contribution < 1.29 is 4.74 Å². The lowest BCUT2D eigenvalue weighted by molar-refractivity contribution is 0.289. The van der Waals surface area contributed by atoms with E-state index >= 15 is 0 Å². The summed E-state index contributed by atoms with van der Waals surface area (Å²) in [5.41, 5.74) is 8.37. The molecular weight excluding hydrogens is 372 g/mol. The number of nitrogen functional groups attached to an aromatic ring is 1. The monoisotopic (exact) mass is 388 g/mol. The smallest absolute Gasteiger partial charge is 0.253 e. The number of aromatic nitrogens is 2. The highest BCUT2D eigenvalue weighted by Crippen LogP contribution is 2.26. The van der Waals surface area contributed by atoms with E-state index in [0.717, 1.165) is 21.9 Å². The van der Waals surface area contributed by atoms with Gasteiger partial charge in [0.1, 0.15) is 18.5 Å². The number of nitrogens with zero attached hydrogens (tertiary/aromatic N) is 3. The van der Waals surface area contributed by atoms with E-state index in [1.165, 1.54) is 0 Å². The van der Waals surface area contributed by atoms with Gasteiger partial charge < -0.3 is 10.5 Å². The van der Waals surface area contributed by atoms with Crippen LogP contribution in [-0.4, -0.2) is 9.78 Å². The largest absolute Gasteiger partial charge is 0.471 e. The van der Waals surface area contributed by atoms with Gasteiger partial charge in [0.2, 0.25) is 0 Å². The van der Waals surface area contributed by atoms with Gasteiger partial charge in [-0.2, -0.15) is 5.26 Å². The molecule has 1 aromatic heterocycles. The van der Waals surface area contributed by atoms with Crippen LogP contribution in [0.1, 0.15) is 16.7 Å². The highest BCUT2D eigenvalue weighted by Gasteiger charge is 2.18. The zero-order valence-corrected chi connectivity index (χ0v) is 15.7. The van der Waals surface area contributed by atoms with Crippen LogP contribution in [0.15, 0.2) is 66.7 Å². The van der Waals surface area contributed by atoms with E-state index in [0.29, 0.717) is 11.6 Å². The van der Waals surface area contributed by atoms with E-state index in [-0.39, 0.29) is 23.9 Å².